The van der Waals surface area contributed by atoms with Gasteiger partial charge in [0.25, 0.3) is 0 Å². The van der Waals surface area contributed by atoms with E-state index >= 15 is 0 Å². The molecule has 0 aliphatic heterocycles. The van der Waals surface area contributed by atoms with Crippen molar-refractivity contribution < 1.29 is 10.2 Å². The number of hydrogen-bond acceptors (Lipinski definition) is 2. The zero-order valence-electron chi connectivity index (χ0n) is 8.63. The highest BCUT2D eigenvalue weighted by molar-refractivity contribution is 6.21. The summed E-state index contributed by atoms with van der Waals surface area (Å²) in [7, 11) is 0. The highest BCUT2D eigenvalue weighted by Crippen LogP contribution is 2.40. The van der Waals surface area contributed by atoms with Gasteiger partial charge < -0.3 is 10.2 Å². The Bertz CT molecular complexity index is 204. The Morgan fingerprint density at radius 1 is 1.57 bits per heavy atom. The molecule has 1 saturated carbocycles. The van der Waals surface area contributed by atoms with E-state index in [-0.39, 0.29) is 17.2 Å². The number of alkyl halides is 2. The van der Waals surface area contributed by atoms with Gasteiger partial charge in [-0.25, -0.2) is 0 Å². The van der Waals surface area contributed by atoms with Crippen LogP contribution in [0.5, 0.6) is 0 Å². The van der Waals surface area contributed by atoms with Gasteiger partial charge in [-0.15, -0.1) is 23.2 Å². The zero-order chi connectivity index (χ0) is 11.0. The van der Waals surface area contributed by atoms with E-state index in [9.17, 15) is 10.2 Å². The topological polar surface area (TPSA) is 40.5 Å². The average Bonchev–Trinajstić information content (AvgIpc) is 2.09. The summed E-state index contributed by atoms with van der Waals surface area (Å²) in [6.45, 7) is 3.48. The van der Waals surface area contributed by atoms with Crippen LogP contribution in [0.2, 0.25) is 0 Å². The summed E-state index contributed by atoms with van der Waals surface area (Å²) >= 11 is 11.8. The molecule has 2 unspecified atom stereocenters. The Kier molecular flexibility index (Phi) is 3.74. The first kappa shape index (κ1) is 12.6. The van der Waals surface area contributed by atoms with E-state index in [1.54, 1.807) is 13.8 Å². The van der Waals surface area contributed by atoms with Crippen molar-refractivity contribution in [3.05, 3.63) is 0 Å². The molecule has 4 atom stereocenters. The largest absolute Gasteiger partial charge is 0.389 e. The molecule has 1 rings (SSSR count). The first-order chi connectivity index (χ1) is 6.29. The molecule has 0 spiro atoms. The van der Waals surface area contributed by atoms with Gasteiger partial charge in [-0.3, -0.25) is 0 Å². The van der Waals surface area contributed by atoms with E-state index in [4.69, 9.17) is 23.2 Å². The Morgan fingerprint density at radius 3 is 2.57 bits per heavy atom. The number of rotatable bonds is 2. The summed E-state index contributed by atoms with van der Waals surface area (Å²) in [5.41, 5.74) is -1.67. The number of aliphatic hydroxyl groups is 2. The maximum absolute atomic E-state index is 9.96. The van der Waals surface area contributed by atoms with E-state index in [0.29, 0.717) is 12.8 Å². The summed E-state index contributed by atoms with van der Waals surface area (Å²) in [5, 5.41) is 19.5. The van der Waals surface area contributed by atoms with Crippen LogP contribution in [0.3, 0.4) is 0 Å². The van der Waals surface area contributed by atoms with E-state index in [0.717, 1.165) is 6.42 Å². The minimum absolute atomic E-state index is 0.0859. The molecule has 0 amide bonds. The third-order valence-electron chi connectivity index (χ3n) is 3.32. The molecule has 1 aliphatic carbocycles. The van der Waals surface area contributed by atoms with Crippen LogP contribution in [-0.4, -0.2) is 32.7 Å². The first-order valence-electron chi connectivity index (χ1n) is 4.94. The molecule has 0 aromatic heterocycles. The van der Waals surface area contributed by atoms with Crippen LogP contribution in [0.1, 0.15) is 33.1 Å². The van der Waals surface area contributed by atoms with Gasteiger partial charge in [-0.1, -0.05) is 0 Å². The number of halogens is 2. The van der Waals surface area contributed by atoms with Crippen LogP contribution in [0, 0.1) is 5.92 Å². The Balaban J connectivity index is 2.63. The molecule has 0 saturated heterocycles. The lowest BCUT2D eigenvalue weighted by molar-refractivity contribution is -0.0463. The number of hydrogen-bond donors (Lipinski definition) is 2. The van der Waals surface area contributed by atoms with Crippen LogP contribution >= 0.6 is 23.2 Å². The highest BCUT2D eigenvalue weighted by atomic mass is 35.5. The predicted octanol–water partition coefficient (Wildman–Crippen LogP) is 2.13. The van der Waals surface area contributed by atoms with Crippen LogP contribution in [-0.2, 0) is 0 Å². The maximum atomic E-state index is 9.96. The summed E-state index contributed by atoms with van der Waals surface area (Å²) in [5.74, 6) is 0.298. The van der Waals surface area contributed by atoms with Crippen LogP contribution in [0.15, 0.2) is 0 Å². The molecular formula is C10H18Cl2O2. The Morgan fingerprint density at radius 2 is 2.14 bits per heavy atom. The van der Waals surface area contributed by atoms with E-state index in [2.05, 4.69) is 0 Å². The molecule has 0 radical (unpaired) electrons. The zero-order valence-corrected chi connectivity index (χ0v) is 10.1. The molecule has 1 fully saturated rings. The van der Waals surface area contributed by atoms with Gasteiger partial charge in [0.1, 0.15) is 0 Å². The second-order valence-electron chi connectivity index (χ2n) is 4.79. The third kappa shape index (κ3) is 2.54. The summed E-state index contributed by atoms with van der Waals surface area (Å²) in [6.07, 6.45) is 2.02. The van der Waals surface area contributed by atoms with E-state index in [1.807, 2.05) is 0 Å². The van der Waals surface area contributed by atoms with Crippen molar-refractivity contribution in [1.82, 2.24) is 0 Å². The van der Waals surface area contributed by atoms with Crippen LogP contribution in [0.4, 0.5) is 0 Å². The van der Waals surface area contributed by atoms with Gasteiger partial charge in [0.05, 0.1) is 22.5 Å². The normalized spacial score (nSPS) is 43.3. The molecule has 84 valence electrons. The Hall–Kier alpha value is 0.500. The fourth-order valence-electron chi connectivity index (χ4n) is 1.92. The smallest absolute Gasteiger partial charge is 0.0783 e. The molecule has 2 N–H and O–H groups in total. The van der Waals surface area contributed by atoms with Crippen molar-refractivity contribution in [3.63, 3.8) is 0 Å². The lowest BCUT2D eigenvalue weighted by Crippen LogP contribution is -2.48. The SMILES string of the molecule is CC(O)(CCl)[C@@H]1CCC(C)(O)[C@@H](Cl)C1. The minimum Gasteiger partial charge on any atom is -0.389 e. The lowest BCUT2D eigenvalue weighted by atomic mass is 9.73. The van der Waals surface area contributed by atoms with Gasteiger partial charge in [-0.2, -0.15) is 0 Å². The summed E-state index contributed by atoms with van der Waals surface area (Å²) < 4.78 is 0. The first-order valence-corrected chi connectivity index (χ1v) is 5.91. The Labute approximate surface area is 95.2 Å². The molecule has 0 heterocycles. The van der Waals surface area contributed by atoms with Gasteiger partial charge in [-0.05, 0) is 39.0 Å². The second-order valence-corrected chi connectivity index (χ2v) is 5.58. The molecular weight excluding hydrogens is 223 g/mol. The fourth-order valence-corrected chi connectivity index (χ4v) is 2.46. The van der Waals surface area contributed by atoms with Crippen molar-refractivity contribution in [2.75, 3.05) is 5.88 Å². The monoisotopic (exact) mass is 240 g/mol. The third-order valence-corrected chi connectivity index (χ3v) is 4.50. The van der Waals surface area contributed by atoms with Gasteiger partial charge in [0.2, 0.25) is 0 Å². The molecule has 0 aromatic rings. The van der Waals surface area contributed by atoms with Gasteiger partial charge in [0, 0.05) is 0 Å². The minimum atomic E-state index is -0.870. The van der Waals surface area contributed by atoms with Gasteiger partial charge >= 0.3 is 0 Å². The molecule has 0 bridgehead atoms. The van der Waals surface area contributed by atoms with Crippen LogP contribution < -0.4 is 0 Å². The van der Waals surface area contributed by atoms with Crippen molar-refractivity contribution in [2.24, 2.45) is 5.92 Å². The standard InChI is InChI=1S/C10H18Cl2O2/c1-9(13)4-3-7(5-8(9)12)10(2,14)6-11/h7-8,13-14H,3-6H2,1-2H3/t7-,8+,9?,10?/m1/s1. The highest BCUT2D eigenvalue weighted by Gasteiger charge is 2.43. The lowest BCUT2D eigenvalue weighted by Gasteiger charge is -2.42. The van der Waals surface area contributed by atoms with E-state index in [1.165, 1.54) is 0 Å². The quantitative estimate of drug-likeness (QED) is 0.727. The summed E-state index contributed by atoms with van der Waals surface area (Å²) in [4.78, 5) is 0. The maximum Gasteiger partial charge on any atom is 0.0783 e. The molecule has 4 heteroatoms. The molecule has 14 heavy (non-hydrogen) atoms. The van der Waals surface area contributed by atoms with Crippen molar-refractivity contribution in [2.45, 2.75) is 49.7 Å². The average molecular weight is 241 g/mol. The van der Waals surface area contributed by atoms with Crippen molar-refractivity contribution >= 4 is 23.2 Å². The van der Waals surface area contributed by atoms with Gasteiger partial charge in [0.15, 0.2) is 0 Å². The summed E-state index contributed by atoms with van der Waals surface area (Å²) in [6, 6.07) is 0. The van der Waals surface area contributed by atoms with E-state index < -0.39 is 11.2 Å². The second kappa shape index (κ2) is 4.17. The fraction of sp³-hybridized carbons (Fsp3) is 1.00. The van der Waals surface area contributed by atoms with Crippen molar-refractivity contribution in [3.8, 4) is 0 Å². The van der Waals surface area contributed by atoms with Crippen LogP contribution in [0.25, 0.3) is 0 Å². The molecule has 0 aromatic carbocycles. The predicted molar refractivity (Wildman–Crippen MR) is 58.9 cm³/mol. The van der Waals surface area contributed by atoms with Crippen molar-refractivity contribution in [1.29, 1.82) is 0 Å². The molecule has 2 nitrogen and oxygen atoms in total. The molecule has 1 aliphatic rings.